The number of nitrogens with one attached hydrogen (secondary N) is 1. The number of halogens is 1. The summed E-state index contributed by atoms with van der Waals surface area (Å²) in [6, 6.07) is 6.74. The van der Waals surface area contributed by atoms with Gasteiger partial charge < -0.3 is 15.0 Å². The summed E-state index contributed by atoms with van der Waals surface area (Å²) in [5.74, 6) is 0. The molecular weight excluding hydrogens is 312 g/mol. The van der Waals surface area contributed by atoms with Crippen molar-refractivity contribution in [3.63, 3.8) is 0 Å². The second kappa shape index (κ2) is 7.54. The average molecular weight is 339 g/mol. The number of ether oxygens (including phenoxy) is 1. The quantitative estimate of drug-likeness (QED) is 0.852. The van der Waals surface area contributed by atoms with Gasteiger partial charge in [-0.15, -0.1) is 0 Å². The summed E-state index contributed by atoms with van der Waals surface area (Å²) < 4.78 is 5.36. The maximum atomic E-state index is 12.0. The van der Waals surface area contributed by atoms with E-state index in [1.165, 1.54) is 18.4 Å². The van der Waals surface area contributed by atoms with Crippen LogP contribution >= 0.6 is 11.6 Å². The summed E-state index contributed by atoms with van der Waals surface area (Å²) in [5.41, 5.74) is 1.83. The third-order valence-electron chi connectivity index (χ3n) is 3.71. The Labute approximate surface area is 144 Å². The Morgan fingerprint density at radius 3 is 2.70 bits per heavy atom. The molecule has 0 unspecified atom stereocenters. The van der Waals surface area contributed by atoms with Crippen molar-refractivity contribution in [1.82, 2.24) is 10.2 Å². The molecule has 0 atom stereocenters. The molecule has 1 aromatic carbocycles. The summed E-state index contributed by atoms with van der Waals surface area (Å²) >= 11 is 6.26. The lowest BCUT2D eigenvalue weighted by Crippen LogP contribution is -2.35. The first-order valence-electron chi connectivity index (χ1n) is 8.19. The average Bonchev–Trinajstić information content (AvgIpc) is 3.27. The van der Waals surface area contributed by atoms with Gasteiger partial charge in [-0.3, -0.25) is 0 Å². The van der Waals surface area contributed by atoms with Crippen LogP contribution in [0.4, 0.5) is 4.79 Å². The molecule has 1 amide bonds. The third kappa shape index (κ3) is 6.40. The van der Waals surface area contributed by atoms with Crippen LogP contribution in [0.2, 0.25) is 5.02 Å². The SMILES string of the molecule is CN(CCc1ccc(Cl)c(CNC2CC2)c1)C(=O)OC(C)(C)C. The van der Waals surface area contributed by atoms with Gasteiger partial charge in [0.05, 0.1) is 0 Å². The summed E-state index contributed by atoms with van der Waals surface area (Å²) in [4.78, 5) is 13.6. The largest absolute Gasteiger partial charge is 0.444 e. The molecule has 0 saturated heterocycles. The highest BCUT2D eigenvalue weighted by Crippen LogP contribution is 2.22. The van der Waals surface area contributed by atoms with E-state index in [4.69, 9.17) is 16.3 Å². The zero-order chi connectivity index (χ0) is 17.0. The van der Waals surface area contributed by atoms with E-state index in [-0.39, 0.29) is 6.09 Å². The fourth-order valence-corrected chi connectivity index (χ4v) is 2.37. The number of carbonyl (C=O) groups excluding carboxylic acids is 1. The predicted molar refractivity (Wildman–Crippen MR) is 93.9 cm³/mol. The highest BCUT2D eigenvalue weighted by molar-refractivity contribution is 6.31. The fourth-order valence-electron chi connectivity index (χ4n) is 2.19. The van der Waals surface area contributed by atoms with Gasteiger partial charge in [-0.1, -0.05) is 23.7 Å². The number of benzene rings is 1. The smallest absolute Gasteiger partial charge is 0.410 e. The topological polar surface area (TPSA) is 41.6 Å². The fraction of sp³-hybridized carbons (Fsp3) is 0.611. The zero-order valence-electron chi connectivity index (χ0n) is 14.5. The van der Waals surface area contributed by atoms with Gasteiger partial charge in [0, 0.05) is 31.2 Å². The first-order chi connectivity index (χ1) is 10.7. The highest BCUT2D eigenvalue weighted by Gasteiger charge is 2.21. The van der Waals surface area contributed by atoms with Crippen LogP contribution in [0.1, 0.15) is 44.7 Å². The van der Waals surface area contributed by atoms with Crippen LogP contribution in [0.15, 0.2) is 18.2 Å². The number of carbonyl (C=O) groups is 1. The van der Waals surface area contributed by atoms with E-state index in [2.05, 4.69) is 11.4 Å². The molecule has 1 aliphatic rings. The molecular formula is C18H27ClN2O2. The van der Waals surface area contributed by atoms with Gasteiger partial charge in [0.1, 0.15) is 5.60 Å². The number of rotatable bonds is 6. The molecule has 0 bridgehead atoms. The van der Waals surface area contributed by atoms with E-state index in [1.807, 2.05) is 32.9 Å². The lowest BCUT2D eigenvalue weighted by atomic mass is 10.1. The number of hydrogen-bond donors (Lipinski definition) is 1. The zero-order valence-corrected chi connectivity index (χ0v) is 15.2. The molecule has 1 aliphatic carbocycles. The number of hydrogen-bond acceptors (Lipinski definition) is 3. The lowest BCUT2D eigenvalue weighted by molar-refractivity contribution is 0.0301. The van der Waals surface area contributed by atoms with Gasteiger partial charge in [-0.25, -0.2) is 4.79 Å². The molecule has 4 nitrogen and oxygen atoms in total. The standard InChI is InChI=1S/C18H27ClN2O2/c1-18(2,3)23-17(22)21(4)10-9-13-5-8-16(19)14(11-13)12-20-15-6-7-15/h5,8,11,15,20H,6-7,9-10,12H2,1-4H3. The molecule has 0 aromatic heterocycles. The Hall–Kier alpha value is -1.26. The molecule has 0 spiro atoms. The van der Waals surface area contributed by atoms with Crippen LogP contribution in [0.3, 0.4) is 0 Å². The molecule has 128 valence electrons. The van der Waals surface area contributed by atoms with Crippen molar-refractivity contribution >= 4 is 17.7 Å². The Balaban J connectivity index is 1.86. The second-order valence-electron chi connectivity index (χ2n) is 7.23. The summed E-state index contributed by atoms with van der Waals surface area (Å²) in [6.07, 6.45) is 3.02. The molecule has 1 N–H and O–H groups in total. The number of amides is 1. The molecule has 2 rings (SSSR count). The van der Waals surface area contributed by atoms with Crippen molar-refractivity contribution in [2.45, 2.75) is 58.2 Å². The van der Waals surface area contributed by atoms with E-state index in [1.54, 1.807) is 11.9 Å². The molecule has 1 fully saturated rings. The maximum Gasteiger partial charge on any atom is 0.410 e. The van der Waals surface area contributed by atoms with Gasteiger partial charge >= 0.3 is 6.09 Å². The Morgan fingerprint density at radius 1 is 1.39 bits per heavy atom. The molecule has 0 radical (unpaired) electrons. The van der Waals surface area contributed by atoms with E-state index in [0.29, 0.717) is 12.6 Å². The predicted octanol–water partition coefficient (Wildman–Crippen LogP) is 4.00. The van der Waals surface area contributed by atoms with Crippen LogP contribution in [0, 0.1) is 0 Å². The number of nitrogens with zero attached hydrogens (tertiary/aromatic N) is 1. The third-order valence-corrected chi connectivity index (χ3v) is 4.08. The van der Waals surface area contributed by atoms with E-state index < -0.39 is 5.60 Å². The van der Waals surface area contributed by atoms with Crippen molar-refractivity contribution in [2.24, 2.45) is 0 Å². The first kappa shape index (κ1) is 18.1. The van der Waals surface area contributed by atoms with Crippen molar-refractivity contribution in [3.8, 4) is 0 Å². The molecule has 1 aromatic rings. The van der Waals surface area contributed by atoms with E-state index >= 15 is 0 Å². The molecule has 5 heteroatoms. The van der Waals surface area contributed by atoms with Gasteiger partial charge in [0.25, 0.3) is 0 Å². The molecule has 1 saturated carbocycles. The minimum atomic E-state index is -0.465. The lowest BCUT2D eigenvalue weighted by Gasteiger charge is -2.24. The van der Waals surface area contributed by atoms with Crippen molar-refractivity contribution in [1.29, 1.82) is 0 Å². The van der Waals surface area contributed by atoms with Gasteiger partial charge in [-0.2, -0.15) is 0 Å². The van der Waals surface area contributed by atoms with Gasteiger partial charge in [0.2, 0.25) is 0 Å². The Morgan fingerprint density at radius 2 is 2.09 bits per heavy atom. The second-order valence-corrected chi connectivity index (χ2v) is 7.64. The Kier molecular flexibility index (Phi) is 5.93. The van der Waals surface area contributed by atoms with Crippen LogP contribution in [0.5, 0.6) is 0 Å². The Bertz CT molecular complexity index is 550. The van der Waals surface area contributed by atoms with Crippen molar-refractivity contribution in [2.75, 3.05) is 13.6 Å². The summed E-state index contributed by atoms with van der Waals surface area (Å²) in [6.45, 7) is 7.04. The first-order valence-corrected chi connectivity index (χ1v) is 8.57. The molecule has 0 aliphatic heterocycles. The van der Waals surface area contributed by atoms with E-state index in [0.717, 1.165) is 23.6 Å². The summed E-state index contributed by atoms with van der Waals surface area (Å²) in [5, 5.41) is 4.27. The minimum absolute atomic E-state index is 0.290. The molecule has 23 heavy (non-hydrogen) atoms. The van der Waals surface area contributed by atoms with Crippen molar-refractivity contribution < 1.29 is 9.53 Å². The number of likely N-dealkylation sites (N-methyl/N-ethyl adjacent to an activating group) is 1. The van der Waals surface area contributed by atoms with Crippen LogP contribution in [0.25, 0.3) is 0 Å². The maximum absolute atomic E-state index is 12.0. The van der Waals surface area contributed by atoms with Crippen LogP contribution in [-0.4, -0.2) is 36.2 Å². The normalized spacial score (nSPS) is 14.7. The minimum Gasteiger partial charge on any atom is -0.444 e. The van der Waals surface area contributed by atoms with Crippen LogP contribution in [-0.2, 0) is 17.7 Å². The summed E-state index contributed by atoms with van der Waals surface area (Å²) in [7, 11) is 1.76. The van der Waals surface area contributed by atoms with Gasteiger partial charge in [-0.05, 0) is 57.2 Å². The highest BCUT2D eigenvalue weighted by atomic mass is 35.5. The van der Waals surface area contributed by atoms with E-state index in [9.17, 15) is 4.79 Å². The van der Waals surface area contributed by atoms with Gasteiger partial charge in [0.15, 0.2) is 0 Å². The molecule has 0 heterocycles. The monoisotopic (exact) mass is 338 g/mol. The van der Waals surface area contributed by atoms with Crippen molar-refractivity contribution in [3.05, 3.63) is 34.3 Å². The van der Waals surface area contributed by atoms with Crippen LogP contribution < -0.4 is 5.32 Å².